The van der Waals surface area contributed by atoms with Crippen LogP contribution < -0.4 is 5.32 Å². The monoisotopic (exact) mass is 233 g/mol. The number of rotatable bonds is 4. The lowest BCUT2D eigenvalue weighted by molar-refractivity contribution is 0.554. The van der Waals surface area contributed by atoms with E-state index in [1.807, 2.05) is 19.9 Å². The van der Waals surface area contributed by atoms with E-state index in [1.165, 1.54) is 6.07 Å². The van der Waals surface area contributed by atoms with Gasteiger partial charge in [0, 0.05) is 36.1 Å². The molecule has 1 heterocycles. The summed E-state index contributed by atoms with van der Waals surface area (Å²) in [6.07, 6.45) is 3.40. The molecule has 0 bridgehead atoms. The van der Waals surface area contributed by atoms with Crippen LogP contribution in [0.1, 0.15) is 19.4 Å². The smallest absolute Gasteiger partial charge is 0.137 e. The van der Waals surface area contributed by atoms with Gasteiger partial charge in [0.25, 0.3) is 0 Å². The van der Waals surface area contributed by atoms with Crippen LogP contribution in [0.25, 0.3) is 11.4 Å². The highest BCUT2D eigenvalue weighted by molar-refractivity contribution is 5.60. The van der Waals surface area contributed by atoms with Crippen LogP contribution in [0.5, 0.6) is 0 Å². The van der Waals surface area contributed by atoms with Gasteiger partial charge in [0.05, 0.1) is 0 Å². The van der Waals surface area contributed by atoms with Crippen LogP contribution in [-0.4, -0.2) is 16.0 Å². The first-order valence-electron chi connectivity index (χ1n) is 5.69. The maximum absolute atomic E-state index is 13.8. The molecule has 0 aliphatic heterocycles. The Morgan fingerprint density at radius 2 is 2.24 bits per heavy atom. The topological polar surface area (TPSA) is 40.7 Å². The Morgan fingerprint density at radius 1 is 1.41 bits per heavy atom. The second-order valence-corrected chi connectivity index (χ2v) is 4.24. The Kier molecular flexibility index (Phi) is 3.54. The number of aromatic amines is 1. The summed E-state index contributed by atoms with van der Waals surface area (Å²) < 4.78 is 13.8. The predicted octanol–water partition coefficient (Wildman–Crippen LogP) is 2.71. The molecule has 90 valence electrons. The van der Waals surface area contributed by atoms with Crippen molar-refractivity contribution in [3.63, 3.8) is 0 Å². The minimum absolute atomic E-state index is 0.202. The summed E-state index contributed by atoms with van der Waals surface area (Å²) in [6.45, 7) is 4.57. The molecule has 0 fully saturated rings. The summed E-state index contributed by atoms with van der Waals surface area (Å²) in [5, 5.41) is 3.22. The molecule has 0 aliphatic rings. The predicted molar refractivity (Wildman–Crippen MR) is 66.0 cm³/mol. The summed E-state index contributed by atoms with van der Waals surface area (Å²) in [5.74, 6) is 0.497. The zero-order valence-corrected chi connectivity index (χ0v) is 10.00. The fraction of sp³-hybridized carbons (Fsp3) is 0.308. The highest BCUT2D eigenvalue weighted by atomic mass is 19.1. The van der Waals surface area contributed by atoms with Gasteiger partial charge in [-0.2, -0.15) is 0 Å². The van der Waals surface area contributed by atoms with Crippen molar-refractivity contribution >= 4 is 0 Å². The van der Waals surface area contributed by atoms with E-state index >= 15 is 0 Å². The summed E-state index contributed by atoms with van der Waals surface area (Å²) in [5.41, 5.74) is 1.46. The van der Waals surface area contributed by atoms with Crippen molar-refractivity contribution in [2.45, 2.75) is 26.4 Å². The van der Waals surface area contributed by atoms with Gasteiger partial charge in [-0.05, 0) is 6.07 Å². The molecule has 0 aliphatic carbocycles. The van der Waals surface area contributed by atoms with E-state index in [0.29, 0.717) is 24.0 Å². The van der Waals surface area contributed by atoms with E-state index in [2.05, 4.69) is 15.3 Å². The largest absolute Gasteiger partial charge is 0.345 e. The van der Waals surface area contributed by atoms with Gasteiger partial charge in [-0.3, -0.25) is 0 Å². The lowest BCUT2D eigenvalue weighted by atomic mass is 10.1. The average molecular weight is 233 g/mol. The number of halogens is 1. The van der Waals surface area contributed by atoms with Gasteiger partial charge in [0.15, 0.2) is 0 Å². The molecule has 0 unspecified atom stereocenters. The van der Waals surface area contributed by atoms with E-state index < -0.39 is 0 Å². The number of hydrogen-bond acceptors (Lipinski definition) is 2. The highest BCUT2D eigenvalue weighted by Crippen LogP contribution is 2.22. The molecule has 17 heavy (non-hydrogen) atoms. The van der Waals surface area contributed by atoms with E-state index in [-0.39, 0.29) is 5.82 Å². The summed E-state index contributed by atoms with van der Waals surface area (Å²) in [6, 6.07) is 5.37. The Bertz CT molecular complexity index is 477. The number of hydrogen-bond donors (Lipinski definition) is 2. The van der Waals surface area contributed by atoms with Crippen LogP contribution in [0.4, 0.5) is 4.39 Å². The van der Waals surface area contributed by atoms with Crippen molar-refractivity contribution in [1.29, 1.82) is 0 Å². The van der Waals surface area contributed by atoms with Gasteiger partial charge in [0.2, 0.25) is 0 Å². The SMILES string of the molecule is CC(C)NCc1c(F)cccc1-c1ncc[nH]1. The normalized spacial score (nSPS) is 11.1. The third-order valence-electron chi connectivity index (χ3n) is 2.56. The molecule has 0 saturated heterocycles. The number of nitrogens with one attached hydrogen (secondary N) is 2. The summed E-state index contributed by atoms with van der Waals surface area (Å²) in [4.78, 5) is 7.17. The van der Waals surface area contributed by atoms with Crippen LogP contribution in [0.15, 0.2) is 30.6 Å². The molecule has 1 aromatic carbocycles. The zero-order chi connectivity index (χ0) is 12.3. The molecule has 1 aromatic heterocycles. The van der Waals surface area contributed by atoms with E-state index in [9.17, 15) is 4.39 Å². The minimum atomic E-state index is -0.202. The molecule has 0 radical (unpaired) electrons. The molecule has 0 amide bonds. The Balaban J connectivity index is 2.35. The fourth-order valence-corrected chi connectivity index (χ4v) is 1.68. The van der Waals surface area contributed by atoms with Gasteiger partial charge < -0.3 is 10.3 Å². The van der Waals surface area contributed by atoms with Gasteiger partial charge >= 0.3 is 0 Å². The molecule has 0 spiro atoms. The molecule has 4 heteroatoms. The first-order chi connectivity index (χ1) is 8.18. The van der Waals surface area contributed by atoms with Crippen molar-refractivity contribution in [1.82, 2.24) is 15.3 Å². The van der Waals surface area contributed by atoms with E-state index in [0.717, 1.165) is 5.56 Å². The van der Waals surface area contributed by atoms with Crippen LogP contribution in [0.3, 0.4) is 0 Å². The number of aromatic nitrogens is 2. The minimum Gasteiger partial charge on any atom is -0.345 e. The van der Waals surface area contributed by atoms with Gasteiger partial charge in [0.1, 0.15) is 11.6 Å². The van der Waals surface area contributed by atoms with Crippen LogP contribution in [-0.2, 0) is 6.54 Å². The average Bonchev–Trinajstić information content (AvgIpc) is 2.80. The van der Waals surface area contributed by atoms with Gasteiger partial charge in [-0.25, -0.2) is 9.37 Å². The molecule has 0 atom stereocenters. The van der Waals surface area contributed by atoms with Crippen LogP contribution >= 0.6 is 0 Å². The first-order valence-corrected chi connectivity index (χ1v) is 5.69. The van der Waals surface area contributed by atoms with E-state index in [4.69, 9.17) is 0 Å². The van der Waals surface area contributed by atoms with Crippen LogP contribution in [0.2, 0.25) is 0 Å². The maximum atomic E-state index is 13.8. The van der Waals surface area contributed by atoms with Crippen molar-refractivity contribution in [2.75, 3.05) is 0 Å². The molecule has 2 N–H and O–H groups in total. The third-order valence-corrected chi connectivity index (χ3v) is 2.56. The van der Waals surface area contributed by atoms with E-state index in [1.54, 1.807) is 18.5 Å². The second kappa shape index (κ2) is 5.10. The number of H-pyrrole nitrogens is 1. The molecule has 0 saturated carbocycles. The van der Waals surface area contributed by atoms with Crippen LogP contribution in [0, 0.1) is 5.82 Å². The number of benzene rings is 1. The van der Waals surface area contributed by atoms with Gasteiger partial charge in [-0.1, -0.05) is 26.0 Å². The number of nitrogens with zero attached hydrogens (tertiary/aromatic N) is 1. The Hall–Kier alpha value is -1.68. The van der Waals surface area contributed by atoms with Crippen molar-refractivity contribution < 1.29 is 4.39 Å². The lowest BCUT2D eigenvalue weighted by Crippen LogP contribution is -2.22. The highest BCUT2D eigenvalue weighted by Gasteiger charge is 2.11. The third kappa shape index (κ3) is 2.71. The second-order valence-electron chi connectivity index (χ2n) is 4.24. The summed E-state index contributed by atoms with van der Waals surface area (Å²) >= 11 is 0. The lowest BCUT2D eigenvalue weighted by Gasteiger charge is -2.12. The quantitative estimate of drug-likeness (QED) is 0.852. The fourth-order valence-electron chi connectivity index (χ4n) is 1.68. The standard InChI is InChI=1S/C13H16FN3/c1-9(2)17-8-11-10(4-3-5-12(11)14)13-15-6-7-16-13/h3-7,9,17H,8H2,1-2H3,(H,15,16). The van der Waals surface area contributed by atoms with Crippen molar-refractivity contribution in [2.24, 2.45) is 0 Å². The Labute approximate surface area is 100 Å². The van der Waals surface area contributed by atoms with Crippen molar-refractivity contribution in [3.8, 4) is 11.4 Å². The summed E-state index contributed by atoms with van der Waals surface area (Å²) in [7, 11) is 0. The molecule has 2 rings (SSSR count). The Morgan fingerprint density at radius 3 is 2.88 bits per heavy atom. The maximum Gasteiger partial charge on any atom is 0.137 e. The molecular formula is C13H16FN3. The van der Waals surface area contributed by atoms with Gasteiger partial charge in [-0.15, -0.1) is 0 Å². The molecule has 3 nitrogen and oxygen atoms in total. The molecule has 2 aromatic rings. The first kappa shape index (κ1) is 11.8. The number of imidazole rings is 1. The molecular weight excluding hydrogens is 217 g/mol. The van der Waals surface area contributed by atoms with Crippen molar-refractivity contribution in [3.05, 3.63) is 42.0 Å². The zero-order valence-electron chi connectivity index (χ0n) is 10.00.